The molecule has 0 aliphatic heterocycles. The van der Waals surface area contributed by atoms with Gasteiger partial charge in [-0.1, -0.05) is 61.0 Å². The van der Waals surface area contributed by atoms with Crippen LogP contribution in [0.1, 0.15) is 68.8 Å². The number of hydrogen-bond donors (Lipinski definition) is 0. The molecular weight excluding hydrogens is 600 g/mol. The van der Waals surface area contributed by atoms with Crippen LogP contribution in [0.25, 0.3) is 33.5 Å². The van der Waals surface area contributed by atoms with Gasteiger partial charge in [-0.2, -0.15) is 4.98 Å². The van der Waals surface area contributed by atoms with Crippen LogP contribution in [0, 0.1) is 0 Å². The molecule has 0 amide bonds. The van der Waals surface area contributed by atoms with Gasteiger partial charge in [0, 0.05) is 19.0 Å². The molecule has 47 heavy (non-hydrogen) atoms. The van der Waals surface area contributed by atoms with Crippen LogP contribution in [0.4, 0.5) is 4.79 Å². The van der Waals surface area contributed by atoms with Gasteiger partial charge in [-0.3, -0.25) is 4.57 Å². The quantitative estimate of drug-likeness (QED) is 0.112. The first-order chi connectivity index (χ1) is 22.9. The fourth-order valence-electron chi connectivity index (χ4n) is 5.95. The molecule has 0 saturated heterocycles. The molecule has 1 fully saturated rings. The Kier molecular flexibility index (Phi) is 9.75. The van der Waals surface area contributed by atoms with Gasteiger partial charge in [-0.25, -0.2) is 14.3 Å². The van der Waals surface area contributed by atoms with Crippen LogP contribution >= 0.6 is 0 Å². The molecule has 6 rings (SSSR count). The number of hydrogen-bond acceptors (Lipinski definition) is 10. The van der Waals surface area contributed by atoms with E-state index < -0.39 is 18.4 Å². The van der Waals surface area contributed by atoms with Crippen LogP contribution in [-0.4, -0.2) is 60.9 Å². The SMILES string of the molecule is CCOc1nc2cccc(C(=O)OC(C)OC(=O)OC3CCCCC3)c2n1Cc1ccc(-c2ccccc2-c2nnnn2CC)cc1. The van der Waals surface area contributed by atoms with E-state index in [1.165, 1.54) is 6.92 Å². The molecule has 1 unspecified atom stereocenters. The van der Waals surface area contributed by atoms with E-state index in [0.717, 1.165) is 54.4 Å². The first-order valence-electron chi connectivity index (χ1n) is 16.1. The number of nitrogens with zero attached hydrogens (tertiary/aromatic N) is 6. The largest absolute Gasteiger partial charge is 0.511 e. The van der Waals surface area contributed by atoms with Crippen molar-refractivity contribution >= 4 is 23.2 Å². The van der Waals surface area contributed by atoms with Crippen LogP contribution < -0.4 is 4.74 Å². The Bertz CT molecular complexity index is 1840. The summed E-state index contributed by atoms with van der Waals surface area (Å²) in [6.45, 7) is 6.81. The lowest BCUT2D eigenvalue weighted by Crippen LogP contribution is -2.26. The van der Waals surface area contributed by atoms with Crippen LogP contribution in [0.5, 0.6) is 6.01 Å². The Morgan fingerprint density at radius 1 is 0.915 bits per heavy atom. The maximum Gasteiger partial charge on any atom is 0.511 e. The van der Waals surface area contributed by atoms with Gasteiger partial charge in [0.1, 0.15) is 6.10 Å². The minimum Gasteiger partial charge on any atom is -0.465 e. The summed E-state index contributed by atoms with van der Waals surface area (Å²) < 4.78 is 25.7. The third-order valence-electron chi connectivity index (χ3n) is 8.18. The number of aryl methyl sites for hydroxylation is 1. The zero-order valence-electron chi connectivity index (χ0n) is 26.8. The number of ether oxygens (including phenoxy) is 4. The smallest absolute Gasteiger partial charge is 0.465 e. The zero-order valence-corrected chi connectivity index (χ0v) is 26.8. The standard InChI is InChI=1S/C35H38N6O6/c1-4-41-32(37-38-39-41)28-15-10-9-14-27(28)25-20-18-24(19-21-25)22-40-31-29(16-11-17-30(31)36-34(40)44-5-2)33(42)45-23(3)46-35(43)47-26-12-7-6-8-13-26/h9-11,14-21,23,26H,4-8,12-13,22H2,1-3H3. The second kappa shape index (κ2) is 14.4. The minimum absolute atomic E-state index is 0.164. The Morgan fingerprint density at radius 2 is 1.68 bits per heavy atom. The number of benzene rings is 3. The van der Waals surface area contributed by atoms with E-state index in [1.807, 2.05) is 73.0 Å². The second-order valence-electron chi connectivity index (χ2n) is 11.4. The van der Waals surface area contributed by atoms with E-state index in [-0.39, 0.29) is 11.7 Å². The van der Waals surface area contributed by atoms with Gasteiger partial charge in [0.2, 0.25) is 6.29 Å². The average Bonchev–Trinajstić information content (AvgIpc) is 3.70. The highest BCUT2D eigenvalue weighted by Gasteiger charge is 2.25. The number of aromatic nitrogens is 6. The molecule has 0 radical (unpaired) electrons. The molecule has 1 saturated carbocycles. The lowest BCUT2D eigenvalue weighted by Gasteiger charge is -2.22. The minimum atomic E-state index is -1.14. The third kappa shape index (κ3) is 7.11. The summed E-state index contributed by atoms with van der Waals surface area (Å²) in [4.78, 5) is 30.4. The normalized spacial score (nSPS) is 14.1. The van der Waals surface area contributed by atoms with Crippen molar-refractivity contribution in [3.05, 3.63) is 77.9 Å². The summed E-state index contributed by atoms with van der Waals surface area (Å²) in [7, 11) is 0. The molecule has 0 spiro atoms. The summed E-state index contributed by atoms with van der Waals surface area (Å²) in [5, 5.41) is 12.2. The van der Waals surface area contributed by atoms with E-state index in [0.29, 0.717) is 42.6 Å². The summed E-state index contributed by atoms with van der Waals surface area (Å²) in [6.07, 6.45) is 2.65. The molecular formula is C35H38N6O6. The second-order valence-corrected chi connectivity index (χ2v) is 11.4. The topological polar surface area (TPSA) is 132 Å². The molecule has 1 aliphatic rings. The lowest BCUT2D eigenvalue weighted by atomic mass is 9.98. The fraction of sp³-hybridized carbons (Fsp3) is 0.371. The molecule has 3 aromatic carbocycles. The van der Waals surface area contributed by atoms with E-state index in [4.69, 9.17) is 18.9 Å². The third-order valence-corrected chi connectivity index (χ3v) is 8.18. The molecule has 1 atom stereocenters. The highest BCUT2D eigenvalue weighted by molar-refractivity contribution is 6.02. The highest BCUT2D eigenvalue weighted by Crippen LogP contribution is 2.32. The molecule has 1 aliphatic carbocycles. The van der Waals surface area contributed by atoms with Crippen molar-refractivity contribution in [3.8, 4) is 28.5 Å². The number of esters is 1. The number of fused-ring (bicyclic) bond motifs is 1. The average molecular weight is 639 g/mol. The Balaban J connectivity index is 1.23. The Hall–Kier alpha value is -5.26. The van der Waals surface area contributed by atoms with Crippen molar-refractivity contribution in [2.45, 2.75) is 78.4 Å². The number of tetrazole rings is 1. The first kappa shape index (κ1) is 31.7. The Labute approximate surface area is 272 Å². The fourth-order valence-corrected chi connectivity index (χ4v) is 5.95. The van der Waals surface area contributed by atoms with Gasteiger partial charge in [-0.05, 0) is 78.8 Å². The zero-order chi connectivity index (χ0) is 32.8. The van der Waals surface area contributed by atoms with E-state index >= 15 is 0 Å². The van der Waals surface area contributed by atoms with Crippen LogP contribution in [0.2, 0.25) is 0 Å². The van der Waals surface area contributed by atoms with Crippen LogP contribution in [-0.2, 0) is 27.3 Å². The van der Waals surface area contributed by atoms with Gasteiger partial charge >= 0.3 is 12.1 Å². The molecule has 2 aromatic heterocycles. The van der Waals surface area contributed by atoms with Gasteiger partial charge in [0.05, 0.1) is 29.7 Å². The van der Waals surface area contributed by atoms with E-state index in [9.17, 15) is 9.59 Å². The summed E-state index contributed by atoms with van der Waals surface area (Å²) >= 11 is 0. The summed E-state index contributed by atoms with van der Waals surface area (Å²) in [6, 6.07) is 21.8. The predicted octanol–water partition coefficient (Wildman–Crippen LogP) is 6.81. The monoisotopic (exact) mass is 638 g/mol. The van der Waals surface area contributed by atoms with Crippen molar-refractivity contribution in [1.29, 1.82) is 0 Å². The van der Waals surface area contributed by atoms with E-state index in [2.05, 4.69) is 20.5 Å². The Morgan fingerprint density at radius 3 is 2.43 bits per heavy atom. The van der Waals surface area contributed by atoms with E-state index in [1.54, 1.807) is 16.8 Å². The maximum atomic E-state index is 13.4. The first-order valence-corrected chi connectivity index (χ1v) is 16.1. The molecule has 244 valence electrons. The molecule has 12 heteroatoms. The van der Waals surface area contributed by atoms with Gasteiger partial charge in [0.25, 0.3) is 6.01 Å². The van der Waals surface area contributed by atoms with Crippen molar-refractivity contribution in [1.82, 2.24) is 29.8 Å². The lowest BCUT2D eigenvalue weighted by molar-refractivity contribution is -0.0914. The van der Waals surface area contributed by atoms with Crippen molar-refractivity contribution in [3.63, 3.8) is 0 Å². The van der Waals surface area contributed by atoms with Crippen molar-refractivity contribution < 1.29 is 28.5 Å². The van der Waals surface area contributed by atoms with Crippen LogP contribution in [0.15, 0.2) is 66.7 Å². The number of rotatable bonds is 11. The van der Waals surface area contributed by atoms with Gasteiger partial charge in [-0.15, -0.1) is 5.10 Å². The number of imidazole rings is 1. The summed E-state index contributed by atoms with van der Waals surface area (Å²) in [5.41, 5.74) is 5.33. The van der Waals surface area contributed by atoms with Gasteiger partial charge in [0.15, 0.2) is 5.82 Å². The summed E-state index contributed by atoms with van der Waals surface area (Å²) in [5.74, 6) is 0.0535. The predicted molar refractivity (Wildman–Crippen MR) is 174 cm³/mol. The van der Waals surface area contributed by atoms with Crippen molar-refractivity contribution in [2.24, 2.45) is 0 Å². The van der Waals surface area contributed by atoms with Crippen LogP contribution in [0.3, 0.4) is 0 Å². The molecule has 5 aromatic rings. The maximum absolute atomic E-state index is 13.4. The number of para-hydroxylation sites is 1. The van der Waals surface area contributed by atoms with Crippen molar-refractivity contribution in [2.75, 3.05) is 6.61 Å². The molecule has 0 N–H and O–H groups in total. The molecule has 2 heterocycles. The number of carbonyl (C=O) groups excluding carboxylic acids is 2. The molecule has 0 bridgehead atoms. The highest BCUT2D eigenvalue weighted by atomic mass is 16.8. The number of carbonyl (C=O) groups is 2. The van der Waals surface area contributed by atoms with Gasteiger partial charge < -0.3 is 18.9 Å². The molecule has 12 nitrogen and oxygen atoms in total.